The van der Waals surface area contributed by atoms with E-state index >= 15 is 0 Å². The van der Waals surface area contributed by atoms with Gasteiger partial charge in [-0.3, -0.25) is 0 Å². The summed E-state index contributed by atoms with van der Waals surface area (Å²) < 4.78 is 5.55. The maximum atomic E-state index is 10.9. The predicted molar refractivity (Wildman–Crippen MR) is 79.9 cm³/mol. The molecule has 0 radical (unpaired) electrons. The molecule has 0 aromatic heterocycles. The quantitative estimate of drug-likeness (QED) is 0.889. The minimum Gasteiger partial charge on any atom is -0.389 e. The molecule has 0 spiro atoms. The number of rotatable bonds is 3. The third-order valence-corrected chi connectivity index (χ3v) is 4.54. The third kappa shape index (κ3) is 3.05. The van der Waals surface area contributed by atoms with Crippen molar-refractivity contribution in [3.05, 3.63) is 35.4 Å². The lowest BCUT2D eigenvalue weighted by molar-refractivity contribution is -0.0755. The molecule has 2 aliphatic rings. The van der Waals surface area contributed by atoms with Crippen LogP contribution in [-0.4, -0.2) is 36.0 Å². The van der Waals surface area contributed by atoms with Crippen LogP contribution >= 0.6 is 0 Å². The van der Waals surface area contributed by atoms with Crippen molar-refractivity contribution in [2.75, 3.05) is 13.2 Å². The first-order valence-corrected chi connectivity index (χ1v) is 7.69. The summed E-state index contributed by atoms with van der Waals surface area (Å²) in [5.74, 6) is 0.558. The van der Waals surface area contributed by atoms with Crippen LogP contribution in [0.3, 0.4) is 0 Å². The summed E-state index contributed by atoms with van der Waals surface area (Å²) in [5, 5.41) is 14.4. The Hall–Kier alpha value is -0.900. The van der Waals surface area contributed by atoms with Crippen molar-refractivity contribution in [2.45, 2.75) is 56.7 Å². The molecule has 2 bridgehead atoms. The standard InChI is InChI=1S/C17H25NO2/c1-12(2)14-5-3-13(4-6-14)7-17(19)8-15-10-20-11-16(9-17)18-15/h3-6,12,15-16,18-19H,7-11H2,1-2H3. The van der Waals surface area contributed by atoms with Crippen LogP contribution in [0.15, 0.2) is 24.3 Å². The van der Waals surface area contributed by atoms with E-state index in [-0.39, 0.29) is 0 Å². The van der Waals surface area contributed by atoms with Gasteiger partial charge in [-0.2, -0.15) is 0 Å². The second-order valence-corrected chi connectivity index (χ2v) is 6.80. The maximum Gasteiger partial charge on any atom is 0.0719 e. The van der Waals surface area contributed by atoms with Gasteiger partial charge in [-0.25, -0.2) is 0 Å². The molecule has 2 heterocycles. The van der Waals surface area contributed by atoms with E-state index in [1.54, 1.807) is 0 Å². The molecule has 110 valence electrons. The molecular formula is C17H25NO2. The topological polar surface area (TPSA) is 41.5 Å². The molecule has 3 rings (SSSR count). The molecule has 0 aliphatic carbocycles. The van der Waals surface area contributed by atoms with E-state index < -0.39 is 5.60 Å². The SMILES string of the molecule is CC(C)c1ccc(CC2(O)CC3COCC(C2)N3)cc1. The molecule has 1 aromatic rings. The number of benzene rings is 1. The fourth-order valence-electron chi connectivity index (χ4n) is 3.56. The summed E-state index contributed by atoms with van der Waals surface area (Å²) in [7, 11) is 0. The monoisotopic (exact) mass is 275 g/mol. The highest BCUT2D eigenvalue weighted by Gasteiger charge is 2.41. The molecule has 3 nitrogen and oxygen atoms in total. The van der Waals surface area contributed by atoms with Gasteiger partial charge in [-0.05, 0) is 29.9 Å². The lowest BCUT2D eigenvalue weighted by Gasteiger charge is -2.45. The summed E-state index contributed by atoms with van der Waals surface area (Å²) in [6.45, 7) is 5.86. The first-order chi connectivity index (χ1) is 9.54. The van der Waals surface area contributed by atoms with Gasteiger partial charge in [-0.15, -0.1) is 0 Å². The molecule has 20 heavy (non-hydrogen) atoms. The van der Waals surface area contributed by atoms with E-state index in [9.17, 15) is 5.11 Å². The predicted octanol–water partition coefficient (Wildman–Crippen LogP) is 2.23. The van der Waals surface area contributed by atoms with Gasteiger partial charge in [0.2, 0.25) is 0 Å². The zero-order chi connectivity index (χ0) is 14.2. The van der Waals surface area contributed by atoms with Crippen molar-refractivity contribution in [1.82, 2.24) is 5.32 Å². The van der Waals surface area contributed by atoms with Gasteiger partial charge in [0, 0.05) is 18.5 Å². The summed E-state index contributed by atoms with van der Waals surface area (Å²) in [6, 6.07) is 9.33. The van der Waals surface area contributed by atoms with E-state index in [4.69, 9.17) is 4.74 Å². The van der Waals surface area contributed by atoms with Crippen molar-refractivity contribution in [3.8, 4) is 0 Å². The Morgan fingerprint density at radius 3 is 2.35 bits per heavy atom. The molecule has 2 saturated heterocycles. The number of nitrogens with one attached hydrogen (secondary N) is 1. The largest absolute Gasteiger partial charge is 0.389 e. The highest BCUT2D eigenvalue weighted by molar-refractivity contribution is 5.26. The summed E-state index contributed by atoms with van der Waals surface area (Å²) >= 11 is 0. The average molecular weight is 275 g/mol. The summed E-state index contributed by atoms with van der Waals surface area (Å²) in [6.07, 6.45) is 2.32. The fraction of sp³-hybridized carbons (Fsp3) is 0.647. The van der Waals surface area contributed by atoms with Crippen LogP contribution in [0.2, 0.25) is 0 Å². The zero-order valence-electron chi connectivity index (χ0n) is 12.4. The van der Waals surface area contributed by atoms with Gasteiger partial charge < -0.3 is 15.2 Å². The molecule has 0 saturated carbocycles. The number of aliphatic hydroxyl groups is 1. The Bertz CT molecular complexity index is 443. The van der Waals surface area contributed by atoms with Crippen molar-refractivity contribution < 1.29 is 9.84 Å². The van der Waals surface area contributed by atoms with Gasteiger partial charge in [0.1, 0.15) is 0 Å². The third-order valence-electron chi connectivity index (χ3n) is 4.54. The van der Waals surface area contributed by atoms with Crippen LogP contribution in [0.4, 0.5) is 0 Å². The van der Waals surface area contributed by atoms with Gasteiger partial charge in [0.05, 0.1) is 18.8 Å². The number of ether oxygens (including phenoxy) is 1. The summed E-state index contributed by atoms with van der Waals surface area (Å²) in [5.41, 5.74) is 2.01. The Kier molecular flexibility index (Phi) is 3.85. The van der Waals surface area contributed by atoms with Gasteiger partial charge in [0.15, 0.2) is 0 Å². The van der Waals surface area contributed by atoms with Crippen LogP contribution in [0.1, 0.15) is 43.7 Å². The Morgan fingerprint density at radius 1 is 1.20 bits per heavy atom. The minimum absolute atomic E-state index is 0.308. The molecular weight excluding hydrogens is 250 g/mol. The molecule has 2 N–H and O–H groups in total. The van der Waals surface area contributed by atoms with E-state index in [0.717, 1.165) is 32.5 Å². The van der Waals surface area contributed by atoms with Gasteiger partial charge >= 0.3 is 0 Å². The maximum absolute atomic E-state index is 10.9. The van der Waals surface area contributed by atoms with Crippen LogP contribution < -0.4 is 5.32 Å². The van der Waals surface area contributed by atoms with Crippen LogP contribution in [-0.2, 0) is 11.2 Å². The van der Waals surface area contributed by atoms with Crippen LogP contribution in [0, 0.1) is 0 Å². The van der Waals surface area contributed by atoms with E-state index in [1.165, 1.54) is 11.1 Å². The molecule has 2 aliphatic heterocycles. The lowest BCUT2D eigenvalue weighted by Crippen LogP contribution is -2.60. The molecule has 2 unspecified atom stereocenters. The second kappa shape index (κ2) is 5.47. The average Bonchev–Trinajstić information content (AvgIpc) is 2.38. The summed E-state index contributed by atoms with van der Waals surface area (Å²) in [4.78, 5) is 0. The number of piperidine rings is 1. The highest BCUT2D eigenvalue weighted by atomic mass is 16.5. The first-order valence-electron chi connectivity index (χ1n) is 7.69. The fourth-order valence-corrected chi connectivity index (χ4v) is 3.56. The normalized spacial score (nSPS) is 33.4. The Morgan fingerprint density at radius 2 is 1.80 bits per heavy atom. The van der Waals surface area contributed by atoms with E-state index in [0.29, 0.717) is 18.0 Å². The number of hydrogen-bond donors (Lipinski definition) is 2. The van der Waals surface area contributed by atoms with Crippen molar-refractivity contribution in [3.63, 3.8) is 0 Å². The molecule has 0 amide bonds. The Labute approximate surface area is 121 Å². The van der Waals surface area contributed by atoms with Crippen LogP contribution in [0.25, 0.3) is 0 Å². The minimum atomic E-state index is -0.580. The number of morpholine rings is 1. The Balaban J connectivity index is 1.69. The van der Waals surface area contributed by atoms with E-state index in [1.807, 2.05) is 0 Å². The first kappa shape index (κ1) is 14.1. The zero-order valence-corrected chi connectivity index (χ0v) is 12.4. The molecule has 2 fully saturated rings. The molecule has 2 atom stereocenters. The molecule has 1 aromatic carbocycles. The smallest absolute Gasteiger partial charge is 0.0719 e. The molecule has 3 heteroatoms. The lowest BCUT2D eigenvalue weighted by atomic mass is 9.79. The van der Waals surface area contributed by atoms with Gasteiger partial charge in [-0.1, -0.05) is 38.1 Å². The van der Waals surface area contributed by atoms with Crippen molar-refractivity contribution >= 4 is 0 Å². The second-order valence-electron chi connectivity index (χ2n) is 6.80. The number of hydrogen-bond acceptors (Lipinski definition) is 3. The van der Waals surface area contributed by atoms with Gasteiger partial charge in [0.25, 0.3) is 0 Å². The number of fused-ring (bicyclic) bond motifs is 2. The van der Waals surface area contributed by atoms with Crippen molar-refractivity contribution in [2.24, 2.45) is 0 Å². The van der Waals surface area contributed by atoms with E-state index in [2.05, 4.69) is 43.4 Å². The highest BCUT2D eigenvalue weighted by Crippen LogP contribution is 2.31. The van der Waals surface area contributed by atoms with Crippen LogP contribution in [0.5, 0.6) is 0 Å². The van der Waals surface area contributed by atoms with Crippen molar-refractivity contribution in [1.29, 1.82) is 0 Å².